The number of nitrogens with one attached hydrogen (secondary N) is 1. The van der Waals surface area contributed by atoms with Crippen molar-refractivity contribution in [3.63, 3.8) is 0 Å². The van der Waals surface area contributed by atoms with E-state index in [1.54, 1.807) is 46.2 Å². The van der Waals surface area contributed by atoms with Crippen molar-refractivity contribution in [2.45, 2.75) is 25.5 Å². The first-order valence-electron chi connectivity index (χ1n) is 11.4. The minimum Gasteiger partial charge on any atom is -0.484 e. The number of carboxylic acids is 1. The summed E-state index contributed by atoms with van der Waals surface area (Å²) in [6.07, 6.45) is -0.988. The second kappa shape index (κ2) is 13.0. The summed E-state index contributed by atoms with van der Waals surface area (Å²) in [4.78, 5) is 51.7. The maximum atomic E-state index is 12.6. The van der Waals surface area contributed by atoms with Crippen LogP contribution in [-0.2, 0) is 25.7 Å². The molecule has 1 saturated heterocycles. The van der Waals surface area contributed by atoms with Gasteiger partial charge in [-0.1, -0.05) is 48.5 Å². The SMILES string of the molecule is O=C(N[C@@H](CCC(=O)N1CCN(C(=O)COc2ccccc2)CC1)C(=O)O)OCc1ccccc1. The van der Waals surface area contributed by atoms with E-state index in [1.165, 1.54) is 0 Å². The first-order valence-corrected chi connectivity index (χ1v) is 11.4. The average Bonchev–Trinajstić information content (AvgIpc) is 2.89. The predicted octanol–water partition coefficient (Wildman–Crippen LogP) is 1.90. The number of alkyl carbamates (subject to hydrolysis) is 1. The number of ether oxygens (including phenoxy) is 2. The normalized spacial score (nSPS) is 14.1. The van der Waals surface area contributed by atoms with Gasteiger partial charge in [0.15, 0.2) is 6.61 Å². The largest absolute Gasteiger partial charge is 0.484 e. The fraction of sp³-hybridized carbons (Fsp3) is 0.360. The minimum absolute atomic E-state index is 0.0112. The molecule has 1 aliphatic rings. The standard InChI is InChI=1S/C25H29N3O7/c29-22(12-11-21(24(31)32)26-25(33)35-17-19-7-3-1-4-8-19)27-13-15-28(16-14-27)23(30)18-34-20-9-5-2-6-10-20/h1-10,21H,11-18H2,(H,26,33)(H,31,32)/t21-/m0/s1. The molecule has 0 bridgehead atoms. The maximum Gasteiger partial charge on any atom is 0.408 e. The van der Waals surface area contributed by atoms with Gasteiger partial charge in [-0.25, -0.2) is 9.59 Å². The van der Waals surface area contributed by atoms with Gasteiger partial charge in [0.05, 0.1) is 0 Å². The molecule has 2 aromatic rings. The van der Waals surface area contributed by atoms with E-state index in [1.807, 2.05) is 24.3 Å². The van der Waals surface area contributed by atoms with Crippen LogP contribution < -0.4 is 10.1 Å². The molecule has 35 heavy (non-hydrogen) atoms. The Labute approximate surface area is 203 Å². The third-order valence-corrected chi connectivity index (χ3v) is 5.54. The molecule has 0 aromatic heterocycles. The number of para-hydroxylation sites is 1. The highest BCUT2D eigenvalue weighted by Crippen LogP contribution is 2.11. The van der Waals surface area contributed by atoms with Gasteiger partial charge >= 0.3 is 12.1 Å². The number of carboxylic acid groups (broad SMARTS) is 1. The van der Waals surface area contributed by atoms with Crippen LogP contribution in [-0.4, -0.2) is 77.6 Å². The van der Waals surface area contributed by atoms with Crippen molar-refractivity contribution in [1.29, 1.82) is 0 Å². The van der Waals surface area contributed by atoms with E-state index >= 15 is 0 Å². The van der Waals surface area contributed by atoms with E-state index in [0.717, 1.165) is 5.56 Å². The van der Waals surface area contributed by atoms with Crippen molar-refractivity contribution in [3.05, 3.63) is 66.2 Å². The second-order valence-electron chi connectivity index (χ2n) is 8.00. The van der Waals surface area contributed by atoms with Gasteiger partial charge in [0.25, 0.3) is 5.91 Å². The quantitative estimate of drug-likeness (QED) is 0.529. The molecule has 0 unspecified atom stereocenters. The van der Waals surface area contributed by atoms with Gasteiger partial charge in [0, 0.05) is 32.6 Å². The van der Waals surface area contributed by atoms with Crippen LogP contribution in [0.2, 0.25) is 0 Å². The summed E-state index contributed by atoms with van der Waals surface area (Å²) in [5, 5.41) is 11.7. The molecule has 0 radical (unpaired) electrons. The fourth-order valence-electron chi connectivity index (χ4n) is 3.55. The molecule has 0 aliphatic carbocycles. The molecule has 3 rings (SSSR count). The van der Waals surface area contributed by atoms with Crippen molar-refractivity contribution in [3.8, 4) is 5.75 Å². The average molecular weight is 484 g/mol. The molecule has 3 amide bonds. The smallest absolute Gasteiger partial charge is 0.408 e. The Kier molecular flexibility index (Phi) is 9.47. The van der Waals surface area contributed by atoms with Gasteiger partial charge in [0.2, 0.25) is 5.91 Å². The highest BCUT2D eigenvalue weighted by atomic mass is 16.5. The lowest BCUT2D eigenvalue weighted by molar-refractivity contribution is -0.142. The second-order valence-corrected chi connectivity index (χ2v) is 8.00. The number of hydrogen-bond acceptors (Lipinski definition) is 6. The molecule has 10 heteroatoms. The molecular weight excluding hydrogens is 454 g/mol. The fourth-order valence-corrected chi connectivity index (χ4v) is 3.55. The number of benzene rings is 2. The number of rotatable bonds is 10. The number of aliphatic carboxylic acids is 1. The first-order chi connectivity index (χ1) is 16.9. The van der Waals surface area contributed by atoms with Crippen LogP contribution in [0.25, 0.3) is 0 Å². The summed E-state index contributed by atoms with van der Waals surface area (Å²) in [7, 11) is 0. The van der Waals surface area contributed by atoms with E-state index in [0.29, 0.717) is 31.9 Å². The maximum absolute atomic E-state index is 12.6. The summed E-state index contributed by atoms with van der Waals surface area (Å²) < 4.78 is 10.5. The Balaban J connectivity index is 1.37. The van der Waals surface area contributed by atoms with E-state index in [-0.39, 0.29) is 37.9 Å². The van der Waals surface area contributed by atoms with Crippen LogP contribution in [0.15, 0.2) is 60.7 Å². The Morgan fingerprint density at radius 1 is 0.857 bits per heavy atom. The molecule has 2 N–H and O–H groups in total. The molecule has 186 valence electrons. The van der Waals surface area contributed by atoms with Gasteiger partial charge in [-0.15, -0.1) is 0 Å². The van der Waals surface area contributed by atoms with E-state index in [4.69, 9.17) is 9.47 Å². The molecule has 0 saturated carbocycles. The zero-order valence-electron chi connectivity index (χ0n) is 19.3. The van der Waals surface area contributed by atoms with Crippen molar-refractivity contribution in [2.75, 3.05) is 32.8 Å². The zero-order valence-corrected chi connectivity index (χ0v) is 19.3. The number of carbonyl (C=O) groups excluding carboxylic acids is 3. The first kappa shape index (κ1) is 25.5. The van der Waals surface area contributed by atoms with Gasteiger partial charge < -0.3 is 29.7 Å². The molecule has 0 spiro atoms. The highest BCUT2D eigenvalue weighted by molar-refractivity contribution is 5.82. The monoisotopic (exact) mass is 483 g/mol. The predicted molar refractivity (Wildman–Crippen MR) is 126 cm³/mol. The number of carbonyl (C=O) groups is 4. The van der Waals surface area contributed by atoms with Gasteiger partial charge in [0.1, 0.15) is 18.4 Å². The van der Waals surface area contributed by atoms with Gasteiger partial charge in [-0.2, -0.15) is 0 Å². The number of piperazine rings is 1. The van der Waals surface area contributed by atoms with Crippen LogP contribution in [0.1, 0.15) is 18.4 Å². The van der Waals surface area contributed by atoms with Crippen molar-refractivity contribution >= 4 is 23.9 Å². The third-order valence-electron chi connectivity index (χ3n) is 5.54. The summed E-state index contributed by atoms with van der Waals surface area (Å²) in [5.74, 6) is -1.03. The summed E-state index contributed by atoms with van der Waals surface area (Å²) in [5.41, 5.74) is 0.772. The lowest BCUT2D eigenvalue weighted by Crippen LogP contribution is -2.52. The Bertz CT molecular complexity index is 993. The Hall–Kier alpha value is -4.08. The molecular formula is C25H29N3O7. The van der Waals surface area contributed by atoms with Crippen LogP contribution in [0.5, 0.6) is 5.75 Å². The number of nitrogens with zero attached hydrogens (tertiary/aromatic N) is 2. The molecule has 1 atom stereocenters. The van der Waals surface area contributed by atoms with Gasteiger partial charge in [-0.3, -0.25) is 9.59 Å². The number of amides is 3. The lowest BCUT2D eigenvalue weighted by atomic mass is 10.1. The van der Waals surface area contributed by atoms with Crippen LogP contribution >= 0.6 is 0 Å². The molecule has 1 fully saturated rings. The Morgan fingerprint density at radius 3 is 2.03 bits per heavy atom. The van der Waals surface area contributed by atoms with E-state index < -0.39 is 18.1 Å². The van der Waals surface area contributed by atoms with Gasteiger partial charge in [-0.05, 0) is 24.1 Å². The molecule has 1 aliphatic heterocycles. The molecule has 10 nitrogen and oxygen atoms in total. The topological polar surface area (TPSA) is 125 Å². The number of hydrogen-bond donors (Lipinski definition) is 2. The van der Waals surface area contributed by atoms with Crippen molar-refractivity contribution in [1.82, 2.24) is 15.1 Å². The Morgan fingerprint density at radius 2 is 1.43 bits per heavy atom. The van der Waals surface area contributed by atoms with Crippen LogP contribution in [0.4, 0.5) is 4.79 Å². The molecule has 2 aromatic carbocycles. The van der Waals surface area contributed by atoms with Crippen molar-refractivity contribution < 1.29 is 33.8 Å². The van der Waals surface area contributed by atoms with Crippen LogP contribution in [0.3, 0.4) is 0 Å². The van der Waals surface area contributed by atoms with Crippen LogP contribution in [0, 0.1) is 0 Å². The molecule has 1 heterocycles. The minimum atomic E-state index is -1.25. The van der Waals surface area contributed by atoms with E-state index in [2.05, 4.69) is 5.32 Å². The van der Waals surface area contributed by atoms with Crippen molar-refractivity contribution in [2.24, 2.45) is 0 Å². The zero-order chi connectivity index (χ0) is 25.0. The highest BCUT2D eigenvalue weighted by Gasteiger charge is 2.27. The summed E-state index contributed by atoms with van der Waals surface area (Å²) in [6, 6.07) is 16.8. The lowest BCUT2D eigenvalue weighted by Gasteiger charge is -2.35. The van der Waals surface area contributed by atoms with E-state index in [9.17, 15) is 24.3 Å². The third kappa shape index (κ3) is 8.33. The summed E-state index contributed by atoms with van der Waals surface area (Å²) >= 11 is 0. The summed E-state index contributed by atoms with van der Waals surface area (Å²) in [6.45, 7) is 1.37.